The molecule has 0 atom stereocenters. The molecule has 1 aromatic carbocycles. The molecule has 6 nitrogen and oxygen atoms in total. The van der Waals surface area contributed by atoms with Crippen LogP contribution in [0.25, 0.3) is 0 Å². The Morgan fingerprint density at radius 1 is 1.40 bits per heavy atom. The molecule has 2 aromatic rings. The first kappa shape index (κ1) is 14.3. The summed E-state index contributed by atoms with van der Waals surface area (Å²) >= 11 is 1.50. The number of methoxy groups -OCH3 is 1. The third-order valence-electron chi connectivity index (χ3n) is 2.81. The number of aromatic nitrogens is 2. The number of rotatable bonds is 4. The molecule has 0 spiro atoms. The zero-order chi connectivity index (χ0) is 14.7. The number of aryl methyl sites for hydroxylation is 2. The van der Waals surface area contributed by atoms with Crippen molar-refractivity contribution in [3.8, 4) is 5.75 Å². The topological polar surface area (TPSA) is 85.7 Å². The summed E-state index contributed by atoms with van der Waals surface area (Å²) in [5.74, 6) is 0.860. The molecule has 3 N–H and O–H groups in total. The van der Waals surface area contributed by atoms with Gasteiger partial charge in [0.25, 0.3) is 0 Å². The number of hydrogen-bond acceptors (Lipinski definition) is 5. The number of ether oxygens (including phenoxy) is 1. The van der Waals surface area contributed by atoms with Gasteiger partial charge in [0.15, 0.2) is 5.84 Å². The fourth-order valence-corrected chi connectivity index (χ4v) is 2.88. The standard InChI is InChI=1S/C13H16N4O2S/c1-8-11(12(14)16-18)13(17(2)15-8)20-10-6-4-9(19-3)5-7-10/h4-7,18H,1-3H3,(H2,14,16). The third kappa shape index (κ3) is 2.72. The second-order valence-corrected chi connectivity index (χ2v) is 5.21. The van der Waals surface area contributed by atoms with Gasteiger partial charge in [-0.2, -0.15) is 5.10 Å². The van der Waals surface area contributed by atoms with Gasteiger partial charge in [0.05, 0.1) is 18.4 Å². The molecule has 0 aliphatic heterocycles. The lowest BCUT2D eigenvalue weighted by Crippen LogP contribution is -2.14. The van der Waals surface area contributed by atoms with E-state index >= 15 is 0 Å². The van der Waals surface area contributed by atoms with Crippen molar-refractivity contribution < 1.29 is 9.94 Å². The fraction of sp³-hybridized carbons (Fsp3) is 0.231. The van der Waals surface area contributed by atoms with E-state index in [1.807, 2.05) is 38.2 Å². The van der Waals surface area contributed by atoms with Crippen LogP contribution in [0.4, 0.5) is 0 Å². The Bertz CT molecular complexity index is 635. The predicted octanol–water partition coefficient (Wildman–Crippen LogP) is 1.98. The van der Waals surface area contributed by atoms with E-state index in [0.29, 0.717) is 5.56 Å². The molecule has 20 heavy (non-hydrogen) atoms. The van der Waals surface area contributed by atoms with Gasteiger partial charge in [-0.1, -0.05) is 16.9 Å². The average molecular weight is 292 g/mol. The van der Waals surface area contributed by atoms with Crippen molar-refractivity contribution in [3.63, 3.8) is 0 Å². The molecular formula is C13H16N4O2S. The van der Waals surface area contributed by atoms with E-state index in [2.05, 4.69) is 10.3 Å². The van der Waals surface area contributed by atoms with Gasteiger partial charge in [-0.05, 0) is 31.2 Å². The molecule has 2 rings (SSSR count). The van der Waals surface area contributed by atoms with Crippen LogP contribution in [0.2, 0.25) is 0 Å². The van der Waals surface area contributed by atoms with Crippen LogP contribution in [0, 0.1) is 6.92 Å². The first-order chi connectivity index (χ1) is 9.56. The van der Waals surface area contributed by atoms with Crippen LogP contribution in [0.15, 0.2) is 39.3 Å². The molecular weight excluding hydrogens is 276 g/mol. The van der Waals surface area contributed by atoms with Gasteiger partial charge in [0.2, 0.25) is 0 Å². The number of benzene rings is 1. The van der Waals surface area contributed by atoms with E-state index in [9.17, 15) is 0 Å². The highest BCUT2D eigenvalue weighted by Crippen LogP contribution is 2.32. The SMILES string of the molecule is COc1ccc(Sc2c(C(N)=NO)c(C)nn2C)cc1. The quantitative estimate of drug-likeness (QED) is 0.389. The smallest absolute Gasteiger partial charge is 0.174 e. The third-order valence-corrected chi connectivity index (χ3v) is 3.98. The van der Waals surface area contributed by atoms with Gasteiger partial charge < -0.3 is 15.7 Å². The average Bonchev–Trinajstić information content (AvgIpc) is 2.73. The molecule has 0 aliphatic rings. The molecule has 0 saturated heterocycles. The summed E-state index contributed by atoms with van der Waals surface area (Å²) in [7, 11) is 3.45. The van der Waals surface area contributed by atoms with Crippen LogP contribution in [0.5, 0.6) is 5.75 Å². The second-order valence-electron chi connectivity index (χ2n) is 4.15. The van der Waals surface area contributed by atoms with Crippen LogP contribution in [-0.4, -0.2) is 27.9 Å². The number of oxime groups is 1. The Labute approximate surface area is 121 Å². The minimum absolute atomic E-state index is 0.0617. The predicted molar refractivity (Wildman–Crippen MR) is 77.6 cm³/mol. The maximum Gasteiger partial charge on any atom is 0.174 e. The lowest BCUT2D eigenvalue weighted by atomic mass is 10.2. The van der Waals surface area contributed by atoms with Gasteiger partial charge in [-0.3, -0.25) is 4.68 Å². The maximum absolute atomic E-state index is 8.88. The minimum atomic E-state index is 0.0617. The fourth-order valence-electron chi connectivity index (χ4n) is 1.85. The number of hydrogen-bond donors (Lipinski definition) is 2. The van der Waals surface area contributed by atoms with Crippen molar-refractivity contribution in [2.45, 2.75) is 16.8 Å². The summed E-state index contributed by atoms with van der Waals surface area (Å²) in [6, 6.07) is 7.66. The highest BCUT2D eigenvalue weighted by atomic mass is 32.2. The molecule has 7 heteroatoms. The highest BCUT2D eigenvalue weighted by Gasteiger charge is 2.18. The van der Waals surface area contributed by atoms with Gasteiger partial charge in [-0.25, -0.2) is 0 Å². The van der Waals surface area contributed by atoms with Crippen LogP contribution in [0.1, 0.15) is 11.3 Å². The molecule has 1 aromatic heterocycles. The van der Waals surface area contributed by atoms with Crippen molar-refractivity contribution in [1.82, 2.24) is 9.78 Å². The van der Waals surface area contributed by atoms with E-state index in [0.717, 1.165) is 21.4 Å². The lowest BCUT2D eigenvalue weighted by molar-refractivity contribution is 0.318. The second kappa shape index (κ2) is 5.87. The van der Waals surface area contributed by atoms with Gasteiger partial charge in [0.1, 0.15) is 10.8 Å². The number of nitrogens with zero attached hydrogens (tertiary/aromatic N) is 3. The number of amidine groups is 1. The molecule has 0 bridgehead atoms. The Kier molecular flexibility index (Phi) is 4.19. The zero-order valence-electron chi connectivity index (χ0n) is 11.5. The van der Waals surface area contributed by atoms with Crippen molar-refractivity contribution >= 4 is 17.6 Å². The summed E-state index contributed by atoms with van der Waals surface area (Å²) in [6.45, 7) is 1.82. The normalized spacial score (nSPS) is 11.7. The Morgan fingerprint density at radius 2 is 2.05 bits per heavy atom. The molecule has 0 aliphatic carbocycles. The summed E-state index contributed by atoms with van der Waals surface area (Å²) in [5.41, 5.74) is 7.09. The summed E-state index contributed by atoms with van der Waals surface area (Å²) in [5, 5.41) is 17.1. The molecule has 0 amide bonds. The van der Waals surface area contributed by atoms with Crippen molar-refractivity contribution in [3.05, 3.63) is 35.5 Å². The summed E-state index contributed by atoms with van der Waals surface area (Å²) in [4.78, 5) is 1.01. The molecule has 0 radical (unpaired) electrons. The van der Waals surface area contributed by atoms with Crippen molar-refractivity contribution in [2.75, 3.05) is 7.11 Å². The van der Waals surface area contributed by atoms with Gasteiger partial charge >= 0.3 is 0 Å². The molecule has 0 unspecified atom stereocenters. The van der Waals surface area contributed by atoms with Crippen LogP contribution >= 0.6 is 11.8 Å². The minimum Gasteiger partial charge on any atom is -0.497 e. The monoisotopic (exact) mass is 292 g/mol. The highest BCUT2D eigenvalue weighted by molar-refractivity contribution is 7.99. The molecule has 1 heterocycles. The van der Waals surface area contributed by atoms with E-state index in [-0.39, 0.29) is 5.84 Å². The van der Waals surface area contributed by atoms with E-state index in [1.54, 1.807) is 11.8 Å². The molecule has 0 saturated carbocycles. The summed E-state index contributed by atoms with van der Waals surface area (Å²) in [6.07, 6.45) is 0. The Hall–Kier alpha value is -2.15. The largest absolute Gasteiger partial charge is 0.497 e. The molecule has 0 fully saturated rings. The number of nitrogens with two attached hydrogens (primary N) is 1. The zero-order valence-corrected chi connectivity index (χ0v) is 12.3. The van der Waals surface area contributed by atoms with Gasteiger partial charge in [-0.15, -0.1) is 0 Å². The van der Waals surface area contributed by atoms with E-state index in [1.165, 1.54) is 11.8 Å². The van der Waals surface area contributed by atoms with E-state index < -0.39 is 0 Å². The Balaban J connectivity index is 2.37. The lowest BCUT2D eigenvalue weighted by Gasteiger charge is -2.06. The van der Waals surface area contributed by atoms with Gasteiger partial charge in [0, 0.05) is 11.9 Å². The maximum atomic E-state index is 8.88. The van der Waals surface area contributed by atoms with Crippen LogP contribution in [0.3, 0.4) is 0 Å². The summed E-state index contributed by atoms with van der Waals surface area (Å²) < 4.78 is 6.85. The van der Waals surface area contributed by atoms with Crippen molar-refractivity contribution in [2.24, 2.45) is 17.9 Å². The van der Waals surface area contributed by atoms with E-state index in [4.69, 9.17) is 15.7 Å². The first-order valence-corrected chi connectivity index (χ1v) is 6.72. The van der Waals surface area contributed by atoms with Crippen LogP contribution < -0.4 is 10.5 Å². The van der Waals surface area contributed by atoms with Crippen molar-refractivity contribution in [1.29, 1.82) is 0 Å². The Morgan fingerprint density at radius 3 is 2.60 bits per heavy atom. The first-order valence-electron chi connectivity index (χ1n) is 5.90. The molecule has 106 valence electrons. The van der Waals surface area contributed by atoms with Crippen LogP contribution in [-0.2, 0) is 7.05 Å².